The fraction of sp³-hybridized carbons (Fsp3) is 0.917. The minimum Gasteiger partial charge on any atom is -0.383 e. The highest BCUT2D eigenvalue weighted by molar-refractivity contribution is 5.79. The van der Waals surface area contributed by atoms with Crippen molar-refractivity contribution in [1.29, 1.82) is 0 Å². The number of hydrogen-bond donors (Lipinski definition) is 1. The van der Waals surface area contributed by atoms with E-state index in [9.17, 15) is 4.79 Å². The topological polar surface area (TPSA) is 55.6 Å². The molecule has 0 saturated heterocycles. The monoisotopic (exact) mass is 230 g/mol. The van der Waals surface area contributed by atoms with E-state index < -0.39 is 0 Å². The molecule has 0 aromatic heterocycles. The molecule has 96 valence electrons. The molecule has 2 N–H and O–H groups in total. The molecule has 0 spiro atoms. The fourth-order valence-electron chi connectivity index (χ4n) is 1.73. The molecule has 4 nitrogen and oxygen atoms in total. The van der Waals surface area contributed by atoms with Crippen molar-refractivity contribution < 1.29 is 9.53 Å². The third kappa shape index (κ3) is 4.94. The van der Waals surface area contributed by atoms with E-state index >= 15 is 0 Å². The molecule has 0 fully saturated rings. The second kappa shape index (κ2) is 7.63. The summed E-state index contributed by atoms with van der Waals surface area (Å²) in [6.07, 6.45) is 0.847. The summed E-state index contributed by atoms with van der Waals surface area (Å²) < 4.78 is 5.04. The molecule has 0 aromatic rings. The Morgan fingerprint density at radius 1 is 1.38 bits per heavy atom. The van der Waals surface area contributed by atoms with Gasteiger partial charge in [-0.1, -0.05) is 13.8 Å². The van der Waals surface area contributed by atoms with E-state index in [4.69, 9.17) is 10.5 Å². The van der Waals surface area contributed by atoms with Crippen molar-refractivity contribution in [3.8, 4) is 0 Å². The number of hydrogen-bond acceptors (Lipinski definition) is 3. The first-order valence-corrected chi connectivity index (χ1v) is 5.89. The second-order valence-electron chi connectivity index (χ2n) is 4.82. The first kappa shape index (κ1) is 15.4. The van der Waals surface area contributed by atoms with Crippen LogP contribution in [0.2, 0.25) is 0 Å². The summed E-state index contributed by atoms with van der Waals surface area (Å²) in [7, 11) is 3.46. The van der Waals surface area contributed by atoms with Crippen molar-refractivity contribution in [1.82, 2.24) is 4.90 Å². The Kier molecular flexibility index (Phi) is 7.34. The summed E-state index contributed by atoms with van der Waals surface area (Å²) in [5, 5.41) is 0. The number of nitrogens with zero attached hydrogens (tertiary/aromatic N) is 1. The van der Waals surface area contributed by atoms with Crippen molar-refractivity contribution in [2.75, 3.05) is 27.3 Å². The number of likely N-dealkylation sites (N-methyl/N-ethyl adjacent to an activating group) is 1. The van der Waals surface area contributed by atoms with Crippen LogP contribution in [0.4, 0.5) is 0 Å². The predicted octanol–water partition coefficient (Wildman–Crippen LogP) is 1.10. The maximum atomic E-state index is 12.1. The van der Waals surface area contributed by atoms with Gasteiger partial charge < -0.3 is 15.4 Å². The van der Waals surface area contributed by atoms with E-state index in [-0.39, 0.29) is 17.9 Å². The van der Waals surface area contributed by atoms with Crippen LogP contribution in [-0.2, 0) is 9.53 Å². The van der Waals surface area contributed by atoms with Crippen LogP contribution in [0, 0.1) is 11.8 Å². The van der Waals surface area contributed by atoms with Crippen LogP contribution in [0.5, 0.6) is 0 Å². The van der Waals surface area contributed by atoms with Crippen molar-refractivity contribution in [2.24, 2.45) is 17.6 Å². The third-order valence-electron chi connectivity index (χ3n) is 2.81. The zero-order valence-corrected chi connectivity index (χ0v) is 11.2. The second-order valence-corrected chi connectivity index (χ2v) is 4.82. The number of amides is 1. The van der Waals surface area contributed by atoms with E-state index in [1.807, 2.05) is 14.0 Å². The van der Waals surface area contributed by atoms with Gasteiger partial charge in [-0.2, -0.15) is 0 Å². The maximum absolute atomic E-state index is 12.1. The van der Waals surface area contributed by atoms with Crippen LogP contribution >= 0.6 is 0 Å². The van der Waals surface area contributed by atoms with Crippen LogP contribution in [0.3, 0.4) is 0 Å². The predicted molar refractivity (Wildman–Crippen MR) is 66.1 cm³/mol. The molecule has 2 unspecified atom stereocenters. The molecule has 0 radical (unpaired) electrons. The number of ether oxygens (including phenoxy) is 1. The Hall–Kier alpha value is -0.610. The van der Waals surface area contributed by atoms with Gasteiger partial charge in [-0.25, -0.2) is 0 Å². The van der Waals surface area contributed by atoms with Gasteiger partial charge in [0.2, 0.25) is 5.91 Å². The van der Waals surface area contributed by atoms with Crippen molar-refractivity contribution in [3.05, 3.63) is 0 Å². The summed E-state index contributed by atoms with van der Waals surface area (Å²) in [4.78, 5) is 13.9. The molecule has 0 aromatic carbocycles. The number of rotatable bonds is 7. The molecule has 0 bridgehead atoms. The van der Waals surface area contributed by atoms with Gasteiger partial charge in [-0.05, 0) is 19.3 Å². The molecular weight excluding hydrogens is 204 g/mol. The van der Waals surface area contributed by atoms with Gasteiger partial charge in [0.15, 0.2) is 0 Å². The maximum Gasteiger partial charge on any atom is 0.227 e. The number of carbonyl (C=O) groups is 1. The summed E-state index contributed by atoms with van der Waals surface area (Å²) in [6.45, 7) is 7.16. The lowest BCUT2D eigenvalue weighted by Crippen LogP contribution is -2.43. The zero-order chi connectivity index (χ0) is 12.7. The molecule has 2 atom stereocenters. The molecular formula is C12H26N2O2. The Labute approximate surface area is 99.1 Å². The van der Waals surface area contributed by atoms with Crippen LogP contribution < -0.4 is 5.73 Å². The van der Waals surface area contributed by atoms with Crippen LogP contribution in [0.1, 0.15) is 27.2 Å². The lowest BCUT2D eigenvalue weighted by molar-refractivity contribution is -0.137. The highest BCUT2D eigenvalue weighted by Crippen LogP contribution is 2.14. The average molecular weight is 230 g/mol. The lowest BCUT2D eigenvalue weighted by Gasteiger charge is -2.28. The summed E-state index contributed by atoms with van der Waals surface area (Å²) in [5.41, 5.74) is 5.66. The third-order valence-corrected chi connectivity index (χ3v) is 2.81. The van der Waals surface area contributed by atoms with Gasteiger partial charge in [0, 0.05) is 20.7 Å². The summed E-state index contributed by atoms with van der Waals surface area (Å²) in [6, 6.07) is 0.0960. The zero-order valence-electron chi connectivity index (χ0n) is 11.2. The molecule has 0 rings (SSSR count). The molecule has 4 heteroatoms. The standard InChI is InChI=1S/C12H26N2O2/c1-9(2)6-11(7-13)12(15)14(4)10(3)8-16-5/h9-11H,6-8,13H2,1-5H3. The van der Waals surface area contributed by atoms with Crippen molar-refractivity contribution in [3.63, 3.8) is 0 Å². The van der Waals surface area contributed by atoms with E-state index in [0.29, 0.717) is 19.1 Å². The van der Waals surface area contributed by atoms with E-state index in [1.54, 1.807) is 12.0 Å². The van der Waals surface area contributed by atoms with Crippen LogP contribution in [0.15, 0.2) is 0 Å². The molecule has 0 aliphatic rings. The highest BCUT2D eigenvalue weighted by atomic mass is 16.5. The van der Waals surface area contributed by atoms with Gasteiger partial charge in [0.25, 0.3) is 0 Å². The SMILES string of the molecule is COCC(C)N(C)C(=O)C(CN)CC(C)C. The Morgan fingerprint density at radius 2 is 1.94 bits per heavy atom. The van der Waals surface area contributed by atoms with Crippen LogP contribution in [-0.4, -0.2) is 44.2 Å². The summed E-state index contributed by atoms with van der Waals surface area (Å²) >= 11 is 0. The number of carbonyl (C=O) groups excluding carboxylic acids is 1. The number of nitrogens with two attached hydrogens (primary N) is 1. The molecule has 0 saturated carbocycles. The first-order chi connectivity index (χ1) is 7.43. The van der Waals surface area contributed by atoms with Gasteiger partial charge in [0.1, 0.15) is 0 Å². The molecule has 0 aliphatic carbocycles. The molecule has 0 heterocycles. The van der Waals surface area contributed by atoms with E-state index in [2.05, 4.69) is 13.8 Å². The van der Waals surface area contributed by atoms with Crippen LogP contribution in [0.25, 0.3) is 0 Å². The Balaban J connectivity index is 4.37. The highest BCUT2D eigenvalue weighted by Gasteiger charge is 2.24. The quantitative estimate of drug-likeness (QED) is 0.712. The van der Waals surface area contributed by atoms with Gasteiger partial charge in [-0.3, -0.25) is 4.79 Å². The van der Waals surface area contributed by atoms with Gasteiger partial charge in [0.05, 0.1) is 18.6 Å². The average Bonchev–Trinajstić information content (AvgIpc) is 2.23. The van der Waals surface area contributed by atoms with Gasteiger partial charge >= 0.3 is 0 Å². The lowest BCUT2D eigenvalue weighted by atomic mass is 9.95. The Bertz CT molecular complexity index is 207. The largest absolute Gasteiger partial charge is 0.383 e. The van der Waals surface area contributed by atoms with E-state index in [0.717, 1.165) is 6.42 Å². The minimum atomic E-state index is -0.0655. The minimum absolute atomic E-state index is 0.0655. The molecule has 16 heavy (non-hydrogen) atoms. The Morgan fingerprint density at radius 3 is 2.31 bits per heavy atom. The van der Waals surface area contributed by atoms with Crippen molar-refractivity contribution in [2.45, 2.75) is 33.2 Å². The first-order valence-electron chi connectivity index (χ1n) is 5.89. The van der Waals surface area contributed by atoms with Gasteiger partial charge in [-0.15, -0.1) is 0 Å². The van der Waals surface area contributed by atoms with E-state index in [1.165, 1.54) is 0 Å². The van der Waals surface area contributed by atoms with Crippen molar-refractivity contribution >= 4 is 5.91 Å². The normalized spacial score (nSPS) is 14.9. The summed E-state index contributed by atoms with van der Waals surface area (Å²) in [5.74, 6) is 0.550. The molecule has 1 amide bonds. The fourth-order valence-corrected chi connectivity index (χ4v) is 1.73. The molecule has 0 aliphatic heterocycles. The number of methoxy groups -OCH3 is 1. The smallest absolute Gasteiger partial charge is 0.227 e.